The fourth-order valence-corrected chi connectivity index (χ4v) is 4.97. The Labute approximate surface area is 217 Å². The van der Waals surface area contributed by atoms with Crippen molar-refractivity contribution < 1.29 is 17.6 Å². The molecule has 1 aliphatic rings. The zero-order valence-electron chi connectivity index (χ0n) is 22.0. The van der Waals surface area contributed by atoms with E-state index < -0.39 is 24.7 Å². The predicted octanol–water partition coefficient (Wildman–Crippen LogP) is 9.07. The standard InChI is InChI=1S/C31H35F4N2/c1-5-6-7-11-27-26-14-12-23(18-32)17-29(26)37(25-9-8-10-25)30(27)28-15-13-24(19-36-28)16-20(2)21(3)22(4)31(33,34)35/h12-17,19-22,25H,5-6,8-10,18H2,1-4H3/q-1. The smallest absolute Gasteiger partial charge is 0.335 e. The summed E-state index contributed by atoms with van der Waals surface area (Å²) in [7, 11) is 0. The van der Waals surface area contributed by atoms with E-state index in [0.29, 0.717) is 11.6 Å². The Morgan fingerprint density at radius 2 is 1.89 bits per heavy atom. The van der Waals surface area contributed by atoms with Gasteiger partial charge >= 0.3 is 6.18 Å². The van der Waals surface area contributed by atoms with Crippen LogP contribution in [0, 0.1) is 36.0 Å². The van der Waals surface area contributed by atoms with Gasteiger partial charge in [-0.05, 0) is 43.2 Å². The van der Waals surface area contributed by atoms with Gasteiger partial charge < -0.3 is 9.55 Å². The molecule has 3 unspecified atom stereocenters. The van der Waals surface area contributed by atoms with Crippen LogP contribution in [0.3, 0.4) is 0 Å². The maximum absolute atomic E-state index is 13.6. The molecule has 1 aliphatic carbocycles. The second kappa shape index (κ2) is 11.2. The molecule has 0 N–H and O–H groups in total. The van der Waals surface area contributed by atoms with Crippen molar-refractivity contribution in [2.24, 2.45) is 17.8 Å². The van der Waals surface area contributed by atoms with Crippen molar-refractivity contribution in [2.45, 2.75) is 78.7 Å². The molecule has 0 aliphatic heterocycles. The molecule has 2 aromatic heterocycles. The van der Waals surface area contributed by atoms with Gasteiger partial charge in [0.15, 0.2) is 0 Å². The highest BCUT2D eigenvalue weighted by molar-refractivity contribution is 5.95. The molecule has 0 amide bonds. The fourth-order valence-electron chi connectivity index (χ4n) is 4.97. The van der Waals surface area contributed by atoms with Crippen molar-refractivity contribution in [1.82, 2.24) is 9.55 Å². The quantitative estimate of drug-likeness (QED) is 0.168. The first-order chi connectivity index (χ1) is 17.7. The van der Waals surface area contributed by atoms with E-state index in [1.54, 1.807) is 13.1 Å². The first kappa shape index (κ1) is 27.1. The predicted molar refractivity (Wildman–Crippen MR) is 142 cm³/mol. The molecule has 0 radical (unpaired) electrons. The normalized spacial score (nSPS) is 16.5. The largest absolute Gasteiger partial charge is 0.391 e. The van der Waals surface area contributed by atoms with Gasteiger partial charge in [-0.1, -0.05) is 69.8 Å². The fraction of sp³-hybridized carbons (Fsp3) is 0.484. The molecule has 37 heavy (non-hydrogen) atoms. The Hall–Kier alpha value is -2.94. The van der Waals surface area contributed by atoms with Crippen LogP contribution < -0.4 is 0 Å². The Morgan fingerprint density at radius 1 is 1.14 bits per heavy atom. The Morgan fingerprint density at radius 3 is 2.46 bits per heavy atom. The number of unbranched alkanes of at least 4 members (excludes halogenated alkanes) is 1. The third kappa shape index (κ3) is 5.66. The monoisotopic (exact) mass is 511 g/mol. The highest BCUT2D eigenvalue weighted by atomic mass is 19.4. The molecule has 3 aromatic rings. The SMILES string of the molecule is CCCC#Cc1c(-c2ccc([CH-]C(C)C(C)C(C)C(F)(F)F)cn2)n(C2CCC2)c2cc(CF)ccc12. The highest BCUT2D eigenvalue weighted by Crippen LogP contribution is 2.42. The van der Waals surface area contributed by atoms with E-state index in [2.05, 4.69) is 23.3 Å². The average Bonchev–Trinajstić information content (AvgIpc) is 3.15. The molecule has 1 saturated carbocycles. The third-order valence-electron chi connectivity index (χ3n) is 7.87. The lowest BCUT2D eigenvalue weighted by Crippen LogP contribution is -2.30. The van der Waals surface area contributed by atoms with E-state index in [0.717, 1.165) is 65.5 Å². The summed E-state index contributed by atoms with van der Waals surface area (Å²) in [6.45, 7) is 6.27. The minimum atomic E-state index is -4.21. The minimum Gasteiger partial charge on any atom is -0.335 e. The van der Waals surface area contributed by atoms with Gasteiger partial charge in [0.05, 0.1) is 28.4 Å². The summed E-state index contributed by atoms with van der Waals surface area (Å²) < 4.78 is 55.5. The maximum Gasteiger partial charge on any atom is 0.391 e. The summed E-state index contributed by atoms with van der Waals surface area (Å²) in [6.07, 6.45) is 4.38. The lowest BCUT2D eigenvalue weighted by Gasteiger charge is -2.31. The summed E-state index contributed by atoms with van der Waals surface area (Å²) >= 11 is 0. The van der Waals surface area contributed by atoms with Gasteiger partial charge in [-0.15, -0.1) is 0 Å². The molecule has 0 bridgehead atoms. The van der Waals surface area contributed by atoms with Crippen LogP contribution in [0.1, 0.15) is 82.5 Å². The molecule has 2 heterocycles. The molecule has 3 atom stereocenters. The lowest BCUT2D eigenvalue weighted by molar-refractivity contribution is -0.185. The van der Waals surface area contributed by atoms with Crippen LogP contribution in [0.15, 0.2) is 36.5 Å². The molecular weight excluding hydrogens is 476 g/mol. The van der Waals surface area contributed by atoms with Gasteiger partial charge in [-0.3, -0.25) is 0 Å². The van der Waals surface area contributed by atoms with Crippen molar-refractivity contribution >= 4 is 10.9 Å². The van der Waals surface area contributed by atoms with Crippen LogP contribution in [-0.4, -0.2) is 15.7 Å². The number of fused-ring (bicyclic) bond motifs is 1. The molecule has 1 fully saturated rings. The first-order valence-electron chi connectivity index (χ1n) is 13.2. The minimum absolute atomic E-state index is 0.264. The summed E-state index contributed by atoms with van der Waals surface area (Å²) in [5, 5.41) is 1.00. The highest BCUT2D eigenvalue weighted by Gasteiger charge is 2.40. The van der Waals surface area contributed by atoms with Gasteiger partial charge in [0.1, 0.15) is 6.67 Å². The number of pyridine rings is 1. The summed E-state index contributed by atoms with van der Waals surface area (Å²) in [6, 6.07) is 9.87. The second-order valence-corrected chi connectivity index (χ2v) is 10.4. The molecule has 198 valence electrons. The number of hydrogen-bond donors (Lipinski definition) is 0. The van der Waals surface area contributed by atoms with Crippen LogP contribution >= 0.6 is 0 Å². The average molecular weight is 512 g/mol. The second-order valence-electron chi connectivity index (χ2n) is 10.4. The lowest BCUT2D eigenvalue weighted by atomic mass is 9.81. The maximum atomic E-state index is 13.6. The van der Waals surface area contributed by atoms with E-state index in [1.165, 1.54) is 6.92 Å². The number of rotatable bonds is 8. The van der Waals surface area contributed by atoms with Gasteiger partial charge in [0.2, 0.25) is 0 Å². The van der Waals surface area contributed by atoms with Crippen LogP contribution in [0.25, 0.3) is 22.3 Å². The van der Waals surface area contributed by atoms with E-state index in [9.17, 15) is 17.6 Å². The summed E-state index contributed by atoms with van der Waals surface area (Å²) in [4.78, 5) is 4.77. The van der Waals surface area contributed by atoms with E-state index in [1.807, 2.05) is 43.7 Å². The van der Waals surface area contributed by atoms with Crippen molar-refractivity contribution in [2.75, 3.05) is 0 Å². The zero-order chi connectivity index (χ0) is 26.7. The van der Waals surface area contributed by atoms with Crippen molar-refractivity contribution in [3.05, 3.63) is 59.6 Å². The number of alkyl halides is 4. The molecule has 0 spiro atoms. The summed E-state index contributed by atoms with van der Waals surface area (Å²) in [5.74, 6) is 4.47. The van der Waals surface area contributed by atoms with E-state index in [-0.39, 0.29) is 5.92 Å². The van der Waals surface area contributed by atoms with E-state index >= 15 is 0 Å². The molecule has 4 rings (SSSR count). The molecule has 1 aromatic carbocycles. The van der Waals surface area contributed by atoms with Crippen LogP contribution in [0.4, 0.5) is 17.6 Å². The van der Waals surface area contributed by atoms with Gasteiger partial charge in [0.25, 0.3) is 0 Å². The first-order valence-corrected chi connectivity index (χ1v) is 13.2. The molecule has 0 saturated heterocycles. The van der Waals surface area contributed by atoms with Crippen LogP contribution in [0.2, 0.25) is 0 Å². The Balaban J connectivity index is 1.73. The van der Waals surface area contributed by atoms with Crippen molar-refractivity contribution in [3.8, 4) is 23.2 Å². The van der Waals surface area contributed by atoms with E-state index in [4.69, 9.17) is 4.98 Å². The van der Waals surface area contributed by atoms with Crippen LogP contribution in [-0.2, 0) is 6.67 Å². The van der Waals surface area contributed by atoms with Crippen molar-refractivity contribution in [1.29, 1.82) is 0 Å². The third-order valence-corrected chi connectivity index (χ3v) is 7.87. The number of benzene rings is 1. The topological polar surface area (TPSA) is 17.8 Å². The molecule has 2 nitrogen and oxygen atoms in total. The summed E-state index contributed by atoms with van der Waals surface area (Å²) in [5.41, 5.74) is 5.04. The van der Waals surface area contributed by atoms with Gasteiger partial charge in [-0.25, -0.2) is 4.39 Å². The molecule has 6 heteroatoms. The number of nitrogens with zero attached hydrogens (tertiary/aromatic N) is 2. The zero-order valence-corrected chi connectivity index (χ0v) is 22.0. The van der Waals surface area contributed by atoms with Crippen LogP contribution in [0.5, 0.6) is 0 Å². The number of halogens is 4. The number of hydrogen-bond acceptors (Lipinski definition) is 1. The van der Waals surface area contributed by atoms with Crippen molar-refractivity contribution in [3.63, 3.8) is 0 Å². The number of aromatic nitrogens is 2. The Kier molecular flexibility index (Phi) is 8.21. The van der Waals surface area contributed by atoms with Gasteiger partial charge in [-0.2, -0.15) is 31.2 Å². The molecular formula is C31H35F4N2-. The van der Waals surface area contributed by atoms with Gasteiger partial charge in [0, 0.05) is 17.8 Å². The Bertz CT molecular complexity index is 1270.